The number of aliphatic imine (C=N–C) groups is 1. The highest BCUT2D eigenvalue weighted by Crippen LogP contribution is 2.21. The maximum Gasteiger partial charge on any atom is 0.159 e. The molecule has 0 radical (unpaired) electrons. The first-order valence-corrected chi connectivity index (χ1v) is 8.24. The standard InChI is InChI=1S/C16H16ClN3S/c17-15-7-6-14(11-18-15)12-20-8-9-21-16(20)19-10-13-4-2-1-3-5-13/h1-7,11H,8-10,12H2/b19-16-. The van der Waals surface area contributed by atoms with Gasteiger partial charge in [0, 0.05) is 25.0 Å². The number of hydrogen-bond acceptors (Lipinski definition) is 3. The van der Waals surface area contributed by atoms with Gasteiger partial charge in [-0.2, -0.15) is 0 Å². The van der Waals surface area contributed by atoms with Crippen molar-refractivity contribution in [3.8, 4) is 0 Å². The van der Waals surface area contributed by atoms with Gasteiger partial charge in [0.15, 0.2) is 5.17 Å². The molecule has 1 aliphatic heterocycles. The average Bonchev–Trinajstić information content (AvgIpc) is 2.96. The molecule has 21 heavy (non-hydrogen) atoms. The third-order valence-electron chi connectivity index (χ3n) is 3.26. The fraction of sp³-hybridized carbons (Fsp3) is 0.250. The van der Waals surface area contributed by atoms with Crippen LogP contribution in [-0.2, 0) is 13.1 Å². The van der Waals surface area contributed by atoms with Gasteiger partial charge in [-0.05, 0) is 17.2 Å². The molecule has 0 atom stereocenters. The predicted molar refractivity (Wildman–Crippen MR) is 89.7 cm³/mol. The normalized spacial score (nSPS) is 16.6. The van der Waals surface area contributed by atoms with Crippen molar-refractivity contribution in [1.82, 2.24) is 9.88 Å². The number of hydrogen-bond donors (Lipinski definition) is 0. The Kier molecular flexibility index (Phi) is 4.78. The molecule has 2 aromatic rings. The highest BCUT2D eigenvalue weighted by Gasteiger charge is 2.19. The number of aromatic nitrogens is 1. The van der Waals surface area contributed by atoms with E-state index in [2.05, 4.69) is 34.1 Å². The summed E-state index contributed by atoms with van der Waals surface area (Å²) in [4.78, 5) is 11.2. The number of amidine groups is 1. The molecule has 1 saturated heterocycles. The van der Waals surface area contributed by atoms with Gasteiger partial charge in [0.1, 0.15) is 5.15 Å². The van der Waals surface area contributed by atoms with Gasteiger partial charge in [0.25, 0.3) is 0 Å². The quantitative estimate of drug-likeness (QED) is 0.802. The van der Waals surface area contributed by atoms with Crippen LogP contribution < -0.4 is 0 Å². The van der Waals surface area contributed by atoms with E-state index < -0.39 is 0 Å². The molecule has 108 valence electrons. The van der Waals surface area contributed by atoms with Gasteiger partial charge in [-0.25, -0.2) is 4.98 Å². The van der Waals surface area contributed by atoms with Gasteiger partial charge in [-0.15, -0.1) is 0 Å². The third kappa shape index (κ3) is 3.99. The summed E-state index contributed by atoms with van der Waals surface area (Å²) >= 11 is 7.64. The molecule has 3 nitrogen and oxygen atoms in total. The first-order chi connectivity index (χ1) is 10.3. The minimum absolute atomic E-state index is 0.535. The Morgan fingerprint density at radius 3 is 2.76 bits per heavy atom. The average molecular weight is 318 g/mol. The van der Waals surface area contributed by atoms with Crippen molar-refractivity contribution < 1.29 is 0 Å². The van der Waals surface area contributed by atoms with Gasteiger partial charge in [-0.1, -0.05) is 59.8 Å². The van der Waals surface area contributed by atoms with Gasteiger partial charge in [0.05, 0.1) is 6.54 Å². The minimum Gasteiger partial charge on any atom is -0.346 e. The van der Waals surface area contributed by atoms with Crippen LogP contribution in [0.15, 0.2) is 53.7 Å². The molecular formula is C16H16ClN3S. The lowest BCUT2D eigenvalue weighted by Crippen LogP contribution is -2.24. The number of thioether (sulfide) groups is 1. The van der Waals surface area contributed by atoms with E-state index >= 15 is 0 Å². The molecule has 3 rings (SSSR count). The molecule has 1 aromatic heterocycles. The second-order valence-electron chi connectivity index (χ2n) is 4.84. The Labute approximate surface area is 134 Å². The highest BCUT2D eigenvalue weighted by atomic mass is 35.5. The van der Waals surface area contributed by atoms with Gasteiger partial charge < -0.3 is 4.90 Å². The summed E-state index contributed by atoms with van der Waals surface area (Å²) in [7, 11) is 0. The Morgan fingerprint density at radius 2 is 2.00 bits per heavy atom. The van der Waals surface area contributed by atoms with E-state index in [0.717, 1.165) is 36.1 Å². The van der Waals surface area contributed by atoms with Crippen LogP contribution in [0.2, 0.25) is 5.15 Å². The van der Waals surface area contributed by atoms with Crippen LogP contribution in [0.4, 0.5) is 0 Å². The van der Waals surface area contributed by atoms with Crippen molar-refractivity contribution in [2.24, 2.45) is 4.99 Å². The van der Waals surface area contributed by atoms with Crippen LogP contribution >= 0.6 is 23.4 Å². The van der Waals surface area contributed by atoms with Crippen LogP contribution in [-0.4, -0.2) is 27.3 Å². The number of nitrogens with zero attached hydrogens (tertiary/aromatic N) is 3. The van der Waals surface area contributed by atoms with Crippen LogP contribution in [0.3, 0.4) is 0 Å². The van der Waals surface area contributed by atoms with E-state index in [9.17, 15) is 0 Å². The van der Waals surface area contributed by atoms with Crippen LogP contribution in [0, 0.1) is 0 Å². The van der Waals surface area contributed by atoms with E-state index in [1.807, 2.05) is 36.2 Å². The van der Waals surface area contributed by atoms with E-state index in [1.54, 1.807) is 0 Å². The minimum atomic E-state index is 0.535. The fourth-order valence-corrected chi connectivity index (χ4v) is 3.29. The zero-order valence-electron chi connectivity index (χ0n) is 11.6. The third-order valence-corrected chi connectivity index (χ3v) is 4.52. The van der Waals surface area contributed by atoms with Crippen molar-refractivity contribution in [3.05, 3.63) is 64.9 Å². The summed E-state index contributed by atoms with van der Waals surface area (Å²) in [5.41, 5.74) is 2.40. The lowest BCUT2D eigenvalue weighted by atomic mass is 10.2. The Balaban J connectivity index is 1.66. The summed E-state index contributed by atoms with van der Waals surface area (Å²) in [5, 5.41) is 1.65. The molecule has 5 heteroatoms. The first kappa shape index (κ1) is 14.4. The highest BCUT2D eigenvalue weighted by molar-refractivity contribution is 8.14. The topological polar surface area (TPSA) is 28.5 Å². The summed E-state index contributed by atoms with van der Waals surface area (Å²) in [6.07, 6.45) is 1.83. The van der Waals surface area contributed by atoms with Crippen LogP contribution in [0.5, 0.6) is 0 Å². The van der Waals surface area contributed by atoms with E-state index in [0.29, 0.717) is 5.15 Å². The van der Waals surface area contributed by atoms with Gasteiger partial charge >= 0.3 is 0 Å². The van der Waals surface area contributed by atoms with E-state index in [1.165, 1.54) is 5.56 Å². The molecule has 0 amide bonds. The van der Waals surface area contributed by atoms with Crippen molar-refractivity contribution >= 4 is 28.5 Å². The van der Waals surface area contributed by atoms with E-state index in [4.69, 9.17) is 16.6 Å². The Bertz CT molecular complexity index is 613. The molecule has 0 spiro atoms. The number of pyridine rings is 1. The van der Waals surface area contributed by atoms with Gasteiger partial charge in [0.2, 0.25) is 0 Å². The summed E-state index contributed by atoms with van der Waals surface area (Å²) in [5.74, 6) is 1.09. The lowest BCUT2D eigenvalue weighted by molar-refractivity contribution is 0.454. The molecule has 1 aliphatic rings. The molecule has 0 saturated carbocycles. The number of halogens is 1. The predicted octanol–water partition coefficient (Wildman–Crippen LogP) is 3.84. The molecule has 1 fully saturated rings. The molecule has 0 aliphatic carbocycles. The van der Waals surface area contributed by atoms with Crippen molar-refractivity contribution in [3.63, 3.8) is 0 Å². The van der Waals surface area contributed by atoms with Crippen LogP contribution in [0.1, 0.15) is 11.1 Å². The summed E-state index contributed by atoms with van der Waals surface area (Å²) < 4.78 is 0. The largest absolute Gasteiger partial charge is 0.346 e. The first-order valence-electron chi connectivity index (χ1n) is 6.88. The molecular weight excluding hydrogens is 302 g/mol. The van der Waals surface area contributed by atoms with E-state index in [-0.39, 0.29) is 0 Å². The second kappa shape index (κ2) is 6.96. The monoisotopic (exact) mass is 317 g/mol. The second-order valence-corrected chi connectivity index (χ2v) is 6.29. The molecule has 0 N–H and O–H groups in total. The SMILES string of the molecule is Clc1ccc(CN2CCS/C2=N\Cc2ccccc2)cn1. The van der Waals surface area contributed by atoms with Gasteiger partial charge in [-0.3, -0.25) is 4.99 Å². The maximum absolute atomic E-state index is 5.82. The zero-order valence-corrected chi connectivity index (χ0v) is 13.1. The molecule has 2 heterocycles. The molecule has 1 aromatic carbocycles. The lowest BCUT2D eigenvalue weighted by Gasteiger charge is -2.17. The summed E-state index contributed by atoms with van der Waals surface area (Å²) in [6.45, 7) is 2.60. The summed E-state index contributed by atoms with van der Waals surface area (Å²) in [6, 6.07) is 14.2. The fourth-order valence-electron chi connectivity index (χ4n) is 2.19. The number of rotatable bonds is 4. The van der Waals surface area contributed by atoms with Crippen molar-refractivity contribution in [1.29, 1.82) is 0 Å². The molecule has 0 unspecified atom stereocenters. The number of benzene rings is 1. The van der Waals surface area contributed by atoms with Crippen molar-refractivity contribution in [2.75, 3.05) is 12.3 Å². The van der Waals surface area contributed by atoms with Crippen LogP contribution in [0.25, 0.3) is 0 Å². The smallest absolute Gasteiger partial charge is 0.159 e. The molecule has 0 bridgehead atoms. The Morgan fingerprint density at radius 1 is 1.14 bits per heavy atom. The maximum atomic E-state index is 5.82. The van der Waals surface area contributed by atoms with Crippen molar-refractivity contribution in [2.45, 2.75) is 13.1 Å². The zero-order chi connectivity index (χ0) is 14.5. The Hall–Kier alpha value is -1.52.